The molecule has 0 bridgehead atoms. The molecule has 1 amide bonds. The number of hydrogen-bond acceptors (Lipinski definition) is 4. The van der Waals surface area contributed by atoms with Crippen molar-refractivity contribution in [1.29, 1.82) is 0 Å². The number of hydrogen-bond donors (Lipinski definition) is 1. The van der Waals surface area contributed by atoms with Crippen molar-refractivity contribution in [2.75, 3.05) is 13.2 Å². The van der Waals surface area contributed by atoms with Crippen LogP contribution in [0.3, 0.4) is 0 Å². The SMILES string of the molecule is CCN(Cc1nc2ccccc2c(=O)[nH]1)C(=O)COc1ccccc1Cl. The maximum atomic E-state index is 12.4. The van der Waals surface area contributed by atoms with Crippen molar-refractivity contribution in [2.45, 2.75) is 13.5 Å². The molecule has 0 aliphatic rings. The highest BCUT2D eigenvalue weighted by Gasteiger charge is 2.15. The number of H-pyrrole nitrogens is 1. The van der Waals surface area contributed by atoms with Gasteiger partial charge in [-0.3, -0.25) is 9.59 Å². The quantitative estimate of drug-likeness (QED) is 0.722. The predicted octanol–water partition coefficient (Wildman–Crippen LogP) is 3.00. The monoisotopic (exact) mass is 371 g/mol. The Balaban J connectivity index is 1.72. The lowest BCUT2D eigenvalue weighted by Crippen LogP contribution is -2.35. The Hall–Kier alpha value is -2.86. The third-order valence-corrected chi connectivity index (χ3v) is 4.24. The second kappa shape index (κ2) is 8.01. The number of likely N-dealkylation sites (N-methyl/N-ethyl adjacent to an activating group) is 1. The van der Waals surface area contributed by atoms with Gasteiger partial charge in [0, 0.05) is 6.54 Å². The first-order chi connectivity index (χ1) is 12.6. The third kappa shape index (κ3) is 4.03. The van der Waals surface area contributed by atoms with E-state index in [-0.39, 0.29) is 24.6 Å². The normalized spacial score (nSPS) is 10.7. The summed E-state index contributed by atoms with van der Waals surface area (Å²) < 4.78 is 5.50. The highest BCUT2D eigenvalue weighted by molar-refractivity contribution is 6.32. The zero-order valence-corrected chi connectivity index (χ0v) is 15.0. The maximum Gasteiger partial charge on any atom is 0.260 e. The summed E-state index contributed by atoms with van der Waals surface area (Å²) in [4.78, 5) is 33.3. The van der Waals surface area contributed by atoms with E-state index in [0.29, 0.717) is 34.0 Å². The topological polar surface area (TPSA) is 75.3 Å². The summed E-state index contributed by atoms with van der Waals surface area (Å²) in [7, 11) is 0. The summed E-state index contributed by atoms with van der Waals surface area (Å²) in [5.41, 5.74) is 0.378. The first-order valence-corrected chi connectivity index (χ1v) is 8.59. The van der Waals surface area contributed by atoms with Gasteiger partial charge in [-0.2, -0.15) is 0 Å². The number of aromatic nitrogens is 2. The van der Waals surface area contributed by atoms with Crippen molar-refractivity contribution in [3.05, 3.63) is 69.7 Å². The summed E-state index contributed by atoms with van der Waals surface area (Å²) in [6.07, 6.45) is 0. The minimum Gasteiger partial charge on any atom is -0.482 e. The van der Waals surface area contributed by atoms with E-state index in [1.807, 2.05) is 13.0 Å². The number of ether oxygens (including phenoxy) is 1. The molecule has 0 saturated carbocycles. The fraction of sp³-hybridized carbons (Fsp3) is 0.211. The lowest BCUT2D eigenvalue weighted by atomic mass is 10.2. The number of amides is 1. The van der Waals surface area contributed by atoms with Crippen LogP contribution in [0.2, 0.25) is 5.02 Å². The third-order valence-electron chi connectivity index (χ3n) is 3.92. The number of nitrogens with one attached hydrogen (secondary N) is 1. The largest absolute Gasteiger partial charge is 0.482 e. The van der Waals surface area contributed by atoms with Crippen LogP contribution in [-0.2, 0) is 11.3 Å². The Morgan fingerprint density at radius 1 is 1.19 bits per heavy atom. The second-order valence-electron chi connectivity index (χ2n) is 5.66. The van der Waals surface area contributed by atoms with Crippen LogP contribution in [0.4, 0.5) is 0 Å². The molecule has 0 aliphatic carbocycles. The number of para-hydroxylation sites is 2. The molecule has 3 rings (SSSR count). The number of halogens is 1. The van der Waals surface area contributed by atoms with E-state index in [4.69, 9.17) is 16.3 Å². The van der Waals surface area contributed by atoms with Gasteiger partial charge in [0.1, 0.15) is 11.6 Å². The molecular weight excluding hydrogens is 354 g/mol. The van der Waals surface area contributed by atoms with E-state index in [1.54, 1.807) is 47.4 Å². The number of rotatable bonds is 6. The van der Waals surface area contributed by atoms with E-state index in [0.717, 1.165) is 0 Å². The summed E-state index contributed by atoms with van der Waals surface area (Å²) in [5, 5.41) is 0.969. The molecule has 134 valence electrons. The summed E-state index contributed by atoms with van der Waals surface area (Å²) in [5.74, 6) is 0.667. The van der Waals surface area contributed by atoms with Gasteiger partial charge in [0.05, 0.1) is 22.5 Å². The van der Waals surface area contributed by atoms with Crippen LogP contribution in [-0.4, -0.2) is 33.9 Å². The number of aromatic amines is 1. The molecule has 0 saturated heterocycles. The molecule has 1 N–H and O–H groups in total. The summed E-state index contributed by atoms with van der Waals surface area (Å²) in [6, 6.07) is 14.1. The molecule has 7 heteroatoms. The van der Waals surface area contributed by atoms with Crippen LogP contribution >= 0.6 is 11.6 Å². The van der Waals surface area contributed by atoms with Gasteiger partial charge in [-0.1, -0.05) is 35.9 Å². The number of fused-ring (bicyclic) bond motifs is 1. The van der Waals surface area contributed by atoms with Crippen molar-refractivity contribution in [1.82, 2.24) is 14.9 Å². The van der Waals surface area contributed by atoms with Gasteiger partial charge in [-0.05, 0) is 31.2 Å². The van der Waals surface area contributed by atoms with Gasteiger partial charge < -0.3 is 14.6 Å². The molecule has 0 fully saturated rings. The van der Waals surface area contributed by atoms with Crippen LogP contribution < -0.4 is 10.3 Å². The predicted molar refractivity (Wildman–Crippen MR) is 100 cm³/mol. The number of benzene rings is 2. The van der Waals surface area contributed by atoms with E-state index in [1.165, 1.54) is 0 Å². The highest BCUT2D eigenvalue weighted by Crippen LogP contribution is 2.23. The molecule has 26 heavy (non-hydrogen) atoms. The zero-order valence-electron chi connectivity index (χ0n) is 14.2. The standard InChI is InChI=1S/C19H18ClN3O3/c1-2-23(18(24)12-26-16-10-6-4-8-14(16)20)11-17-21-15-9-5-3-7-13(15)19(25)22-17/h3-10H,2,11-12H2,1H3,(H,21,22,25). The average molecular weight is 372 g/mol. The molecule has 3 aromatic rings. The van der Waals surface area contributed by atoms with Crippen LogP contribution in [0.1, 0.15) is 12.7 Å². The lowest BCUT2D eigenvalue weighted by Gasteiger charge is -2.20. The molecule has 0 spiro atoms. The first kappa shape index (κ1) is 17.9. The van der Waals surface area contributed by atoms with E-state index in [9.17, 15) is 9.59 Å². The molecule has 1 heterocycles. The molecule has 2 aromatic carbocycles. The Morgan fingerprint density at radius 3 is 2.69 bits per heavy atom. The number of carbonyl (C=O) groups is 1. The van der Waals surface area contributed by atoms with Gasteiger partial charge >= 0.3 is 0 Å². The summed E-state index contributed by atoms with van der Waals surface area (Å²) in [6.45, 7) is 2.37. The van der Waals surface area contributed by atoms with Crippen molar-refractivity contribution in [3.63, 3.8) is 0 Å². The smallest absolute Gasteiger partial charge is 0.260 e. The van der Waals surface area contributed by atoms with Crippen LogP contribution in [0.25, 0.3) is 10.9 Å². The molecule has 0 atom stereocenters. The highest BCUT2D eigenvalue weighted by atomic mass is 35.5. The van der Waals surface area contributed by atoms with Gasteiger partial charge in [-0.15, -0.1) is 0 Å². The van der Waals surface area contributed by atoms with Crippen molar-refractivity contribution in [2.24, 2.45) is 0 Å². The Morgan fingerprint density at radius 2 is 1.92 bits per heavy atom. The molecule has 0 unspecified atom stereocenters. The van der Waals surface area contributed by atoms with Crippen molar-refractivity contribution >= 4 is 28.4 Å². The van der Waals surface area contributed by atoms with Gasteiger partial charge in [0.25, 0.3) is 11.5 Å². The zero-order chi connectivity index (χ0) is 18.5. The minimum absolute atomic E-state index is 0.143. The van der Waals surface area contributed by atoms with Crippen LogP contribution in [0, 0.1) is 0 Å². The minimum atomic E-state index is -0.221. The van der Waals surface area contributed by atoms with E-state index in [2.05, 4.69) is 9.97 Å². The Labute approximate surface area is 155 Å². The Kier molecular flexibility index (Phi) is 5.53. The molecule has 0 radical (unpaired) electrons. The summed E-state index contributed by atoms with van der Waals surface area (Å²) >= 11 is 6.02. The molecule has 6 nitrogen and oxygen atoms in total. The lowest BCUT2D eigenvalue weighted by molar-refractivity contribution is -0.133. The number of carbonyl (C=O) groups excluding carboxylic acids is 1. The van der Waals surface area contributed by atoms with Crippen LogP contribution in [0.15, 0.2) is 53.3 Å². The van der Waals surface area contributed by atoms with Crippen molar-refractivity contribution < 1.29 is 9.53 Å². The second-order valence-corrected chi connectivity index (χ2v) is 6.06. The van der Waals surface area contributed by atoms with Gasteiger partial charge in [0.15, 0.2) is 6.61 Å². The Bertz CT molecular complexity index is 987. The fourth-order valence-electron chi connectivity index (χ4n) is 2.56. The molecule has 1 aromatic heterocycles. The van der Waals surface area contributed by atoms with E-state index >= 15 is 0 Å². The van der Waals surface area contributed by atoms with Crippen LogP contribution in [0.5, 0.6) is 5.75 Å². The fourth-order valence-corrected chi connectivity index (χ4v) is 2.75. The van der Waals surface area contributed by atoms with Gasteiger partial charge in [-0.25, -0.2) is 4.98 Å². The van der Waals surface area contributed by atoms with Crippen molar-refractivity contribution in [3.8, 4) is 5.75 Å². The maximum absolute atomic E-state index is 12.4. The molecular formula is C19H18ClN3O3. The first-order valence-electron chi connectivity index (χ1n) is 8.21. The molecule has 0 aliphatic heterocycles. The number of nitrogens with zero attached hydrogens (tertiary/aromatic N) is 2. The average Bonchev–Trinajstić information content (AvgIpc) is 2.65. The van der Waals surface area contributed by atoms with Gasteiger partial charge in [0.2, 0.25) is 0 Å². The van der Waals surface area contributed by atoms with E-state index < -0.39 is 0 Å².